The number of halogens is 4. The highest BCUT2D eigenvalue weighted by molar-refractivity contribution is 5.90. The normalized spacial score (nSPS) is 13.2. The first-order valence-corrected chi connectivity index (χ1v) is 13.2. The molecule has 2 aliphatic rings. The van der Waals surface area contributed by atoms with Gasteiger partial charge in [0, 0.05) is 69.8 Å². The molecule has 0 amide bonds. The molecule has 14 heteroatoms. The molecule has 216 valence electrons. The largest absolute Gasteiger partial charge is 0.269 e. The lowest BCUT2D eigenvalue weighted by Crippen LogP contribution is -2.26. The topological polar surface area (TPSA) is 134 Å². The van der Waals surface area contributed by atoms with Crippen LogP contribution in [0.25, 0.3) is 66.1 Å². The molecule has 4 heterocycles. The lowest BCUT2D eigenvalue weighted by molar-refractivity contribution is 0.512. The smallest absolute Gasteiger partial charge is 0.256 e. The van der Waals surface area contributed by atoms with Crippen LogP contribution in [0, 0.1) is 59.6 Å². The number of aromatic nitrogens is 6. The van der Waals surface area contributed by atoms with E-state index in [-0.39, 0.29) is 79.7 Å². The quantitative estimate of drug-likeness (QED) is 0.162. The maximum atomic E-state index is 14.0. The fourth-order valence-electron chi connectivity index (χ4n) is 5.85. The summed E-state index contributed by atoms with van der Waals surface area (Å²) in [5.41, 5.74) is 1.95. The molecule has 4 aromatic heterocycles. The van der Waals surface area contributed by atoms with Crippen LogP contribution in [0.1, 0.15) is 22.5 Å². The van der Waals surface area contributed by atoms with Gasteiger partial charge in [0.2, 0.25) is 23.8 Å². The zero-order valence-corrected chi connectivity index (χ0v) is 22.9. The summed E-state index contributed by atoms with van der Waals surface area (Å²) in [6.45, 7) is 15.6. The molecule has 0 saturated carbocycles. The number of fused-ring (bicyclic) bond motifs is 6. The Balaban J connectivity index is 1.60. The van der Waals surface area contributed by atoms with Gasteiger partial charge < -0.3 is 0 Å². The molecule has 10 nitrogen and oxygen atoms in total. The van der Waals surface area contributed by atoms with Gasteiger partial charge in [-0.25, -0.2) is 30.2 Å². The molecule has 0 N–H and O–H groups in total. The molecule has 0 saturated heterocycles. The maximum Gasteiger partial charge on any atom is 0.269 e. The predicted molar refractivity (Wildman–Crippen MR) is 151 cm³/mol. The Morgan fingerprint density at radius 3 is 1.33 bits per heavy atom. The number of rotatable bonds is 2. The van der Waals surface area contributed by atoms with Crippen molar-refractivity contribution in [3.05, 3.63) is 116 Å². The summed E-state index contributed by atoms with van der Waals surface area (Å²) < 4.78 is 55.9. The van der Waals surface area contributed by atoms with E-state index in [1.54, 1.807) is 0 Å². The second-order valence-corrected chi connectivity index (χ2v) is 10.1. The minimum atomic E-state index is -1.08. The predicted octanol–water partition coefficient (Wildman–Crippen LogP) is 4.19. The van der Waals surface area contributed by atoms with Gasteiger partial charge in [0.25, 0.3) is 11.4 Å². The molecule has 0 atom stereocenters. The van der Waals surface area contributed by atoms with E-state index in [1.165, 1.54) is 12.4 Å². The van der Waals surface area contributed by atoms with E-state index in [0.29, 0.717) is 22.5 Å². The van der Waals surface area contributed by atoms with Crippen LogP contribution >= 0.6 is 0 Å². The Labute approximate surface area is 255 Å². The number of nitrogens with zero attached hydrogens (tertiary/aromatic N) is 10. The zero-order chi connectivity index (χ0) is 32.3. The Morgan fingerprint density at radius 2 is 1.00 bits per heavy atom. The molecule has 1 aromatic carbocycles. The lowest BCUT2D eigenvalue weighted by Gasteiger charge is -2.13. The number of nitriles is 2. The molecule has 0 radical (unpaired) electrons. The van der Waals surface area contributed by atoms with E-state index in [0.717, 1.165) is 24.3 Å². The van der Waals surface area contributed by atoms with Gasteiger partial charge in [-0.3, -0.25) is 9.97 Å². The first kappa shape index (κ1) is 27.9. The van der Waals surface area contributed by atoms with Crippen molar-refractivity contribution in [2.75, 3.05) is 0 Å². The Kier molecular flexibility index (Phi) is 6.29. The van der Waals surface area contributed by atoms with Crippen LogP contribution < -0.4 is 10.4 Å². The number of hydrogen-bond donors (Lipinski definition) is 0. The molecular formula is C32H10F4N10. The Hall–Kier alpha value is -6.90. The maximum absolute atomic E-state index is 14.0. The third-order valence-electron chi connectivity index (χ3n) is 7.59. The van der Waals surface area contributed by atoms with Crippen molar-refractivity contribution in [1.82, 2.24) is 29.9 Å². The van der Waals surface area contributed by atoms with Gasteiger partial charge in [0.1, 0.15) is 0 Å². The van der Waals surface area contributed by atoms with Gasteiger partial charge in [-0.2, -0.15) is 27.5 Å². The first-order chi connectivity index (χ1) is 22.2. The van der Waals surface area contributed by atoms with Gasteiger partial charge in [-0.05, 0) is 11.1 Å². The summed E-state index contributed by atoms with van der Waals surface area (Å²) >= 11 is 0. The molecular weight excluding hydrogens is 600 g/mol. The fraction of sp³-hybridized carbons (Fsp3) is 0.0625. The summed E-state index contributed by atoms with van der Waals surface area (Å²) in [6.07, 6.45) is 2.65. The molecule has 0 aliphatic heterocycles. The van der Waals surface area contributed by atoms with Gasteiger partial charge in [-0.1, -0.05) is 0 Å². The standard InChI is InChI=1S/C32H10F4N10/c1-39-19(9-37)27-15-7-17-32(44-22(12-41-17)14-5-25(35)46-26(36)6-14)30(15)28(20(10-38)40-2)16-8-18-31(29(16)27)43-21(11-42-18)13-3-23(33)45-24(34)4-13/h3-6,11-12H,7-8H2/b27-19-,28-20+. The average molecular weight is 610 g/mol. The van der Waals surface area contributed by atoms with Crippen molar-refractivity contribution in [3.8, 4) is 57.2 Å². The van der Waals surface area contributed by atoms with Crippen LogP contribution in [0.15, 0.2) is 36.7 Å². The SMILES string of the molecule is [C-]#[N+]/C(C#N)=c1/c2c(/c(=C(\C#N)[N+]#[C-])c3c1-c1nc(-c4cc(F)nc(F)c4)cnc1C3)-c1nc(-c3cc(F)nc(F)c3)cnc1C2. The second-order valence-electron chi connectivity index (χ2n) is 10.1. The minimum absolute atomic E-state index is 0.0211. The number of pyridine rings is 2. The summed E-state index contributed by atoms with van der Waals surface area (Å²) in [5, 5.41) is 20.5. The molecule has 0 spiro atoms. The second kappa shape index (κ2) is 10.4. The van der Waals surface area contributed by atoms with Crippen molar-refractivity contribution < 1.29 is 17.6 Å². The van der Waals surface area contributed by atoms with Crippen molar-refractivity contribution in [1.29, 1.82) is 10.5 Å². The summed E-state index contributed by atoms with van der Waals surface area (Å²) in [4.78, 5) is 31.3. The zero-order valence-electron chi connectivity index (χ0n) is 22.9. The molecule has 0 unspecified atom stereocenters. The van der Waals surface area contributed by atoms with E-state index in [1.807, 2.05) is 12.1 Å². The highest BCUT2D eigenvalue weighted by atomic mass is 19.1. The van der Waals surface area contributed by atoms with Gasteiger partial charge in [0.15, 0.2) is 0 Å². The number of benzene rings is 1. The molecule has 2 aliphatic carbocycles. The van der Waals surface area contributed by atoms with E-state index < -0.39 is 23.8 Å². The molecule has 0 bridgehead atoms. The average Bonchev–Trinajstić information content (AvgIpc) is 3.60. The Bertz CT molecular complexity index is 2290. The van der Waals surface area contributed by atoms with Crippen LogP contribution in [0.4, 0.5) is 17.6 Å². The van der Waals surface area contributed by atoms with Crippen LogP contribution in [-0.2, 0) is 12.8 Å². The first-order valence-electron chi connectivity index (χ1n) is 13.2. The Morgan fingerprint density at radius 1 is 0.630 bits per heavy atom. The van der Waals surface area contributed by atoms with Crippen LogP contribution in [0.5, 0.6) is 0 Å². The van der Waals surface area contributed by atoms with Gasteiger partial charge in [-0.15, -0.1) is 0 Å². The third kappa shape index (κ3) is 4.22. The van der Waals surface area contributed by atoms with Gasteiger partial charge >= 0.3 is 0 Å². The van der Waals surface area contributed by atoms with Crippen molar-refractivity contribution in [2.24, 2.45) is 0 Å². The molecule has 46 heavy (non-hydrogen) atoms. The van der Waals surface area contributed by atoms with Crippen LogP contribution in [-0.4, -0.2) is 29.9 Å². The molecule has 5 aromatic rings. The van der Waals surface area contributed by atoms with Gasteiger partial charge in [0.05, 0.1) is 71.8 Å². The highest BCUT2D eigenvalue weighted by Crippen LogP contribution is 2.39. The van der Waals surface area contributed by atoms with E-state index >= 15 is 0 Å². The fourth-order valence-corrected chi connectivity index (χ4v) is 5.85. The molecule has 7 rings (SSSR count). The van der Waals surface area contributed by atoms with Crippen molar-refractivity contribution >= 4 is 11.4 Å². The van der Waals surface area contributed by atoms with Crippen molar-refractivity contribution in [3.63, 3.8) is 0 Å². The third-order valence-corrected chi connectivity index (χ3v) is 7.59. The monoisotopic (exact) mass is 610 g/mol. The van der Waals surface area contributed by atoms with E-state index in [2.05, 4.69) is 39.6 Å². The summed E-state index contributed by atoms with van der Waals surface area (Å²) in [6, 6.07) is 7.73. The van der Waals surface area contributed by atoms with Crippen LogP contribution in [0.3, 0.4) is 0 Å². The highest BCUT2D eigenvalue weighted by Gasteiger charge is 2.35. The minimum Gasteiger partial charge on any atom is -0.256 e. The van der Waals surface area contributed by atoms with Crippen molar-refractivity contribution in [2.45, 2.75) is 12.8 Å². The lowest BCUT2D eigenvalue weighted by atomic mass is 9.92. The summed E-state index contributed by atoms with van der Waals surface area (Å²) in [7, 11) is 0. The van der Waals surface area contributed by atoms with E-state index in [9.17, 15) is 28.1 Å². The van der Waals surface area contributed by atoms with E-state index in [4.69, 9.17) is 13.1 Å². The molecule has 0 fully saturated rings. The van der Waals surface area contributed by atoms with Crippen LogP contribution in [0.2, 0.25) is 0 Å². The summed E-state index contributed by atoms with van der Waals surface area (Å²) in [5.74, 6) is -4.31. The number of hydrogen-bond acceptors (Lipinski definition) is 8.